The molecule has 1 aromatic carbocycles. The monoisotopic (exact) mass is 263 g/mol. The zero-order chi connectivity index (χ0) is 14.0. The zero-order valence-corrected chi connectivity index (χ0v) is 12.4. The topological polar surface area (TPSA) is 32.7 Å². The van der Waals surface area contributed by atoms with E-state index in [4.69, 9.17) is 4.74 Å². The summed E-state index contributed by atoms with van der Waals surface area (Å²) in [5.74, 6) is 0. The summed E-state index contributed by atoms with van der Waals surface area (Å²) < 4.78 is 5.91. The average Bonchev–Trinajstić information content (AvgIpc) is 2.26. The minimum atomic E-state index is -0.649. The van der Waals surface area contributed by atoms with Crippen LogP contribution < -0.4 is 0 Å². The Morgan fingerprint density at radius 1 is 1.37 bits per heavy atom. The Morgan fingerprint density at radius 2 is 2.11 bits per heavy atom. The molecule has 1 N–H and O–H groups in total. The van der Waals surface area contributed by atoms with Gasteiger partial charge in [-0.05, 0) is 38.8 Å². The molecule has 1 aromatic rings. The quantitative estimate of drug-likeness (QED) is 0.909. The van der Waals surface area contributed by atoms with Gasteiger partial charge in [0.1, 0.15) is 0 Å². The molecule has 0 radical (unpaired) electrons. The molecule has 1 aliphatic heterocycles. The average molecular weight is 263 g/mol. The summed E-state index contributed by atoms with van der Waals surface area (Å²) in [4.78, 5) is 2.29. The predicted octanol–water partition coefficient (Wildman–Crippen LogP) is 2.45. The predicted molar refractivity (Wildman–Crippen MR) is 77.3 cm³/mol. The van der Waals surface area contributed by atoms with Crippen molar-refractivity contribution < 1.29 is 9.84 Å². The van der Waals surface area contributed by atoms with Gasteiger partial charge >= 0.3 is 0 Å². The molecule has 0 amide bonds. The van der Waals surface area contributed by atoms with Crippen LogP contribution in [-0.2, 0) is 4.74 Å². The first-order valence-electron chi connectivity index (χ1n) is 6.99. The highest BCUT2D eigenvalue weighted by molar-refractivity contribution is 5.32. The second kappa shape index (κ2) is 5.61. The van der Waals surface area contributed by atoms with Gasteiger partial charge in [-0.25, -0.2) is 0 Å². The molecule has 0 aliphatic carbocycles. The Kier molecular flexibility index (Phi) is 4.29. The Hall–Kier alpha value is -0.900. The molecular formula is C16H25NO2. The molecule has 3 nitrogen and oxygen atoms in total. The highest BCUT2D eigenvalue weighted by Gasteiger charge is 2.26. The number of morpholine rings is 1. The summed E-state index contributed by atoms with van der Waals surface area (Å²) in [5, 5.41) is 9.94. The van der Waals surface area contributed by atoms with Gasteiger partial charge in [-0.1, -0.05) is 23.8 Å². The number of hydrogen-bond acceptors (Lipinski definition) is 3. The minimum Gasteiger partial charge on any atom is -0.389 e. The molecule has 0 bridgehead atoms. The van der Waals surface area contributed by atoms with E-state index >= 15 is 0 Å². The summed E-state index contributed by atoms with van der Waals surface area (Å²) in [5.41, 5.74) is 3.19. The molecule has 2 rings (SSSR count). The van der Waals surface area contributed by atoms with Crippen LogP contribution in [0.5, 0.6) is 0 Å². The molecule has 106 valence electrons. The first kappa shape index (κ1) is 14.5. The lowest BCUT2D eigenvalue weighted by Crippen LogP contribution is -2.45. The molecule has 1 saturated heterocycles. The van der Waals surface area contributed by atoms with Crippen LogP contribution in [-0.4, -0.2) is 41.8 Å². The van der Waals surface area contributed by atoms with Crippen molar-refractivity contribution in [1.82, 2.24) is 4.90 Å². The Morgan fingerprint density at radius 3 is 2.74 bits per heavy atom. The highest BCUT2D eigenvalue weighted by Crippen LogP contribution is 2.26. The lowest BCUT2D eigenvalue weighted by atomic mass is 9.99. The van der Waals surface area contributed by atoms with Crippen LogP contribution in [0.2, 0.25) is 0 Å². The fourth-order valence-electron chi connectivity index (χ4n) is 2.77. The standard InChI is InChI=1S/C16H25NO2/c1-12-5-6-14(13(2)9-12)15-10-17(7-8-19-15)11-16(3,4)18/h5-6,9,15,18H,7-8,10-11H2,1-4H3. The normalized spacial score (nSPS) is 21.6. The van der Waals surface area contributed by atoms with Crippen molar-refractivity contribution in [2.24, 2.45) is 0 Å². The van der Waals surface area contributed by atoms with Crippen molar-refractivity contribution in [3.8, 4) is 0 Å². The molecule has 1 aliphatic rings. The van der Waals surface area contributed by atoms with Gasteiger partial charge in [0.05, 0.1) is 18.3 Å². The molecule has 1 atom stereocenters. The van der Waals surface area contributed by atoms with Crippen LogP contribution >= 0.6 is 0 Å². The fourth-order valence-corrected chi connectivity index (χ4v) is 2.77. The third-order valence-electron chi connectivity index (χ3n) is 3.53. The van der Waals surface area contributed by atoms with Crippen molar-refractivity contribution in [3.63, 3.8) is 0 Å². The van der Waals surface area contributed by atoms with E-state index in [0.717, 1.165) is 19.7 Å². The van der Waals surface area contributed by atoms with Gasteiger partial charge in [-0.2, -0.15) is 0 Å². The number of aliphatic hydroxyl groups is 1. The smallest absolute Gasteiger partial charge is 0.0954 e. The van der Waals surface area contributed by atoms with Crippen molar-refractivity contribution in [3.05, 3.63) is 34.9 Å². The Balaban J connectivity index is 2.08. The van der Waals surface area contributed by atoms with Crippen LogP contribution in [0.4, 0.5) is 0 Å². The SMILES string of the molecule is Cc1ccc(C2CN(CC(C)(C)O)CCO2)c(C)c1. The van der Waals surface area contributed by atoms with Crippen LogP contribution in [0.1, 0.15) is 36.6 Å². The van der Waals surface area contributed by atoms with E-state index in [-0.39, 0.29) is 6.10 Å². The summed E-state index contributed by atoms with van der Waals surface area (Å²) in [6, 6.07) is 6.51. The summed E-state index contributed by atoms with van der Waals surface area (Å²) >= 11 is 0. The van der Waals surface area contributed by atoms with E-state index in [1.165, 1.54) is 16.7 Å². The van der Waals surface area contributed by atoms with E-state index in [2.05, 4.69) is 36.9 Å². The summed E-state index contributed by atoms with van der Waals surface area (Å²) in [6.07, 6.45) is 0.122. The van der Waals surface area contributed by atoms with Crippen molar-refractivity contribution >= 4 is 0 Å². The molecule has 1 heterocycles. The van der Waals surface area contributed by atoms with E-state index < -0.39 is 5.60 Å². The van der Waals surface area contributed by atoms with Crippen LogP contribution in [0, 0.1) is 13.8 Å². The highest BCUT2D eigenvalue weighted by atomic mass is 16.5. The second-order valence-electron chi connectivity index (χ2n) is 6.27. The number of aryl methyl sites for hydroxylation is 2. The maximum Gasteiger partial charge on any atom is 0.0954 e. The van der Waals surface area contributed by atoms with Gasteiger partial charge in [0, 0.05) is 19.6 Å². The van der Waals surface area contributed by atoms with Gasteiger partial charge in [0.25, 0.3) is 0 Å². The molecule has 3 heteroatoms. The Labute approximate surface area is 116 Å². The van der Waals surface area contributed by atoms with E-state index in [1.54, 1.807) is 0 Å². The van der Waals surface area contributed by atoms with Gasteiger partial charge in [0.2, 0.25) is 0 Å². The number of β-amino-alcohol motifs (C(OH)–C–C–N with tert-alkyl or cyclic N) is 1. The van der Waals surface area contributed by atoms with Crippen molar-refractivity contribution in [2.75, 3.05) is 26.2 Å². The van der Waals surface area contributed by atoms with Crippen molar-refractivity contribution in [2.45, 2.75) is 39.4 Å². The van der Waals surface area contributed by atoms with Gasteiger partial charge in [-0.15, -0.1) is 0 Å². The molecule has 0 saturated carbocycles. The number of rotatable bonds is 3. The molecule has 0 aromatic heterocycles. The molecule has 1 unspecified atom stereocenters. The number of nitrogens with zero attached hydrogens (tertiary/aromatic N) is 1. The fraction of sp³-hybridized carbons (Fsp3) is 0.625. The Bertz CT molecular complexity index is 437. The van der Waals surface area contributed by atoms with E-state index in [1.807, 2.05) is 13.8 Å². The summed E-state index contributed by atoms with van der Waals surface area (Å²) in [6.45, 7) is 11.1. The van der Waals surface area contributed by atoms with Crippen LogP contribution in [0.25, 0.3) is 0 Å². The first-order valence-corrected chi connectivity index (χ1v) is 6.99. The number of ether oxygens (including phenoxy) is 1. The number of benzene rings is 1. The maximum atomic E-state index is 9.94. The molecule has 0 spiro atoms. The van der Waals surface area contributed by atoms with Crippen LogP contribution in [0.15, 0.2) is 18.2 Å². The zero-order valence-electron chi connectivity index (χ0n) is 12.4. The summed E-state index contributed by atoms with van der Waals surface area (Å²) in [7, 11) is 0. The second-order valence-corrected chi connectivity index (χ2v) is 6.27. The molecule has 19 heavy (non-hydrogen) atoms. The first-order chi connectivity index (χ1) is 8.85. The molecule has 1 fully saturated rings. The minimum absolute atomic E-state index is 0.122. The molecular weight excluding hydrogens is 238 g/mol. The van der Waals surface area contributed by atoms with Crippen LogP contribution in [0.3, 0.4) is 0 Å². The maximum absolute atomic E-state index is 9.94. The van der Waals surface area contributed by atoms with E-state index in [9.17, 15) is 5.11 Å². The largest absolute Gasteiger partial charge is 0.389 e. The van der Waals surface area contributed by atoms with Gasteiger partial charge in [-0.3, -0.25) is 4.90 Å². The number of hydrogen-bond donors (Lipinski definition) is 1. The van der Waals surface area contributed by atoms with Gasteiger partial charge < -0.3 is 9.84 Å². The lowest BCUT2D eigenvalue weighted by Gasteiger charge is -2.36. The third kappa shape index (κ3) is 4.03. The lowest BCUT2D eigenvalue weighted by molar-refractivity contribution is -0.0565. The van der Waals surface area contributed by atoms with E-state index in [0.29, 0.717) is 6.54 Å². The van der Waals surface area contributed by atoms with Gasteiger partial charge in [0.15, 0.2) is 0 Å². The third-order valence-corrected chi connectivity index (χ3v) is 3.53. The van der Waals surface area contributed by atoms with Crippen molar-refractivity contribution in [1.29, 1.82) is 0 Å².